The van der Waals surface area contributed by atoms with Crippen LogP contribution in [0.2, 0.25) is 0 Å². The zero-order chi connectivity index (χ0) is 22.1. The van der Waals surface area contributed by atoms with Gasteiger partial charge in [0.25, 0.3) is 0 Å². The number of rotatable bonds is 6. The third-order valence-corrected chi connectivity index (χ3v) is 7.37. The van der Waals surface area contributed by atoms with Gasteiger partial charge in [0.2, 0.25) is 5.91 Å². The molecule has 6 nitrogen and oxygen atoms in total. The summed E-state index contributed by atoms with van der Waals surface area (Å²) in [5.74, 6) is -0.580. The SMILES string of the molecule is CN(C)C(=O)Cn1c(-c2cccc(CN)c2)c(C2CCCCC2)c2sc(C(=O)O)cc21. The van der Waals surface area contributed by atoms with Gasteiger partial charge in [-0.2, -0.15) is 0 Å². The number of nitrogens with two attached hydrogens (primary N) is 1. The van der Waals surface area contributed by atoms with Crippen molar-refractivity contribution in [2.45, 2.75) is 51.1 Å². The number of hydrogen-bond donors (Lipinski definition) is 2. The van der Waals surface area contributed by atoms with E-state index in [0.29, 0.717) is 17.3 Å². The van der Waals surface area contributed by atoms with Gasteiger partial charge < -0.3 is 20.3 Å². The van der Waals surface area contributed by atoms with Gasteiger partial charge in [-0.15, -0.1) is 11.3 Å². The predicted molar refractivity (Wildman–Crippen MR) is 125 cm³/mol. The zero-order valence-corrected chi connectivity index (χ0v) is 18.9. The predicted octanol–water partition coefficient (Wildman–Crippen LogP) is 4.66. The van der Waals surface area contributed by atoms with Crippen molar-refractivity contribution in [3.8, 4) is 11.3 Å². The molecule has 7 heteroatoms. The van der Waals surface area contributed by atoms with Crippen LogP contribution in [0.15, 0.2) is 30.3 Å². The topological polar surface area (TPSA) is 88.6 Å². The number of benzene rings is 1. The minimum atomic E-state index is -0.923. The number of thiophene rings is 1. The molecule has 4 rings (SSSR count). The van der Waals surface area contributed by atoms with E-state index in [1.807, 2.05) is 16.7 Å². The average Bonchev–Trinajstić information content (AvgIpc) is 3.32. The lowest BCUT2D eigenvalue weighted by atomic mass is 9.83. The Kier molecular flexibility index (Phi) is 6.16. The molecule has 1 fully saturated rings. The number of carbonyl (C=O) groups is 2. The number of carboxylic acids is 1. The van der Waals surface area contributed by atoms with Crippen LogP contribution in [0.1, 0.15) is 58.8 Å². The highest BCUT2D eigenvalue weighted by Crippen LogP contribution is 2.46. The van der Waals surface area contributed by atoms with Crippen LogP contribution in [-0.4, -0.2) is 40.5 Å². The summed E-state index contributed by atoms with van der Waals surface area (Å²) in [4.78, 5) is 26.4. The second-order valence-electron chi connectivity index (χ2n) is 8.51. The minimum Gasteiger partial charge on any atom is -0.477 e. The van der Waals surface area contributed by atoms with Crippen LogP contribution in [0.4, 0.5) is 0 Å². The molecule has 164 valence electrons. The van der Waals surface area contributed by atoms with Gasteiger partial charge in [0.1, 0.15) is 11.4 Å². The summed E-state index contributed by atoms with van der Waals surface area (Å²) in [7, 11) is 3.49. The van der Waals surface area contributed by atoms with Crippen molar-refractivity contribution in [2.24, 2.45) is 5.73 Å². The minimum absolute atomic E-state index is 0.0219. The van der Waals surface area contributed by atoms with E-state index in [9.17, 15) is 14.7 Å². The standard InChI is InChI=1S/C24H29N3O3S/c1-26(2)20(28)14-27-18-12-19(24(29)30)31-23(18)21(16-8-4-3-5-9-16)22(27)17-10-6-7-15(11-17)13-25/h6-7,10-12,16H,3-5,8-9,13-14,25H2,1-2H3,(H,29,30). The quantitative estimate of drug-likeness (QED) is 0.584. The number of nitrogens with zero attached hydrogens (tertiary/aromatic N) is 2. The lowest BCUT2D eigenvalue weighted by Gasteiger charge is -2.24. The first-order chi connectivity index (χ1) is 14.9. The van der Waals surface area contributed by atoms with Crippen LogP contribution in [0.3, 0.4) is 0 Å². The summed E-state index contributed by atoms with van der Waals surface area (Å²) >= 11 is 1.33. The lowest BCUT2D eigenvalue weighted by molar-refractivity contribution is -0.129. The van der Waals surface area contributed by atoms with Crippen molar-refractivity contribution in [3.05, 3.63) is 46.3 Å². The lowest BCUT2D eigenvalue weighted by Crippen LogP contribution is -2.26. The van der Waals surface area contributed by atoms with Crippen molar-refractivity contribution in [1.29, 1.82) is 0 Å². The van der Waals surface area contributed by atoms with E-state index in [0.717, 1.165) is 39.9 Å². The number of aromatic nitrogens is 1. The number of fused-ring (bicyclic) bond motifs is 1. The van der Waals surface area contributed by atoms with Crippen LogP contribution in [0.5, 0.6) is 0 Å². The fourth-order valence-corrected chi connectivity index (χ4v) is 5.75. The Balaban J connectivity index is 2.01. The van der Waals surface area contributed by atoms with Gasteiger partial charge in [-0.25, -0.2) is 4.79 Å². The van der Waals surface area contributed by atoms with Gasteiger partial charge >= 0.3 is 5.97 Å². The van der Waals surface area contributed by atoms with Gasteiger partial charge in [-0.05, 0) is 47.6 Å². The molecule has 3 aromatic rings. The molecular weight excluding hydrogens is 410 g/mol. The molecule has 0 unspecified atom stereocenters. The Bertz CT molecular complexity index is 1120. The third-order valence-electron chi connectivity index (χ3n) is 6.23. The second kappa shape index (κ2) is 8.85. The summed E-state index contributed by atoms with van der Waals surface area (Å²) < 4.78 is 3.03. The van der Waals surface area contributed by atoms with E-state index in [1.165, 1.54) is 36.2 Å². The molecule has 0 atom stereocenters. The van der Waals surface area contributed by atoms with E-state index in [2.05, 4.69) is 12.1 Å². The fraction of sp³-hybridized carbons (Fsp3) is 0.417. The summed E-state index contributed by atoms with van der Waals surface area (Å²) in [6, 6.07) is 9.91. The maximum absolute atomic E-state index is 12.8. The summed E-state index contributed by atoms with van der Waals surface area (Å²) in [5.41, 5.74) is 11.1. The molecule has 3 N–H and O–H groups in total. The van der Waals surface area contributed by atoms with Gasteiger partial charge in [0.05, 0.1) is 15.9 Å². The largest absolute Gasteiger partial charge is 0.477 e. The Hall–Kier alpha value is -2.64. The van der Waals surface area contributed by atoms with E-state index < -0.39 is 5.97 Å². The van der Waals surface area contributed by atoms with Gasteiger partial charge in [0, 0.05) is 20.6 Å². The van der Waals surface area contributed by atoms with Gasteiger partial charge in [-0.3, -0.25) is 4.79 Å². The van der Waals surface area contributed by atoms with Crippen LogP contribution in [-0.2, 0) is 17.9 Å². The first-order valence-corrected chi connectivity index (χ1v) is 11.6. The Morgan fingerprint density at radius 2 is 1.94 bits per heavy atom. The van der Waals surface area contributed by atoms with E-state index in [1.54, 1.807) is 25.1 Å². The Morgan fingerprint density at radius 3 is 2.58 bits per heavy atom. The average molecular weight is 440 g/mol. The first-order valence-electron chi connectivity index (χ1n) is 10.8. The molecule has 1 aliphatic rings. The fourth-order valence-electron chi connectivity index (χ4n) is 4.62. The first kappa shape index (κ1) is 21.6. The number of hydrogen-bond acceptors (Lipinski definition) is 4. The van der Waals surface area contributed by atoms with Crippen molar-refractivity contribution in [2.75, 3.05) is 14.1 Å². The van der Waals surface area contributed by atoms with Crippen LogP contribution >= 0.6 is 11.3 Å². The Labute approximate surface area is 186 Å². The molecule has 2 heterocycles. The summed E-state index contributed by atoms with van der Waals surface area (Å²) in [6.45, 7) is 0.621. The van der Waals surface area contributed by atoms with Crippen LogP contribution < -0.4 is 5.73 Å². The highest BCUT2D eigenvalue weighted by molar-refractivity contribution is 7.21. The molecule has 0 spiro atoms. The molecule has 1 aliphatic carbocycles. The monoisotopic (exact) mass is 439 g/mol. The maximum atomic E-state index is 12.8. The number of carboxylic acid groups (broad SMARTS) is 1. The molecule has 0 bridgehead atoms. The smallest absolute Gasteiger partial charge is 0.345 e. The highest BCUT2D eigenvalue weighted by Gasteiger charge is 2.29. The molecule has 1 saturated carbocycles. The molecule has 0 aliphatic heterocycles. The molecule has 1 amide bonds. The van der Waals surface area contributed by atoms with Crippen LogP contribution in [0.25, 0.3) is 21.5 Å². The highest BCUT2D eigenvalue weighted by atomic mass is 32.1. The normalized spacial score (nSPS) is 14.8. The van der Waals surface area contributed by atoms with E-state index in [4.69, 9.17) is 5.73 Å². The third kappa shape index (κ3) is 4.12. The van der Waals surface area contributed by atoms with Crippen molar-refractivity contribution in [3.63, 3.8) is 0 Å². The van der Waals surface area contributed by atoms with Crippen molar-refractivity contribution >= 4 is 33.4 Å². The summed E-state index contributed by atoms with van der Waals surface area (Å²) in [6.07, 6.45) is 5.76. The molecule has 0 radical (unpaired) electrons. The Morgan fingerprint density at radius 1 is 1.19 bits per heavy atom. The van der Waals surface area contributed by atoms with E-state index in [-0.39, 0.29) is 12.5 Å². The van der Waals surface area contributed by atoms with Crippen molar-refractivity contribution in [1.82, 2.24) is 9.47 Å². The van der Waals surface area contributed by atoms with Gasteiger partial charge in [-0.1, -0.05) is 37.5 Å². The number of likely N-dealkylation sites (N-methyl/N-ethyl adjacent to an activating group) is 1. The number of aromatic carboxylic acids is 1. The van der Waals surface area contributed by atoms with Gasteiger partial charge in [0.15, 0.2) is 0 Å². The molecule has 0 saturated heterocycles. The zero-order valence-electron chi connectivity index (χ0n) is 18.1. The molecule has 31 heavy (non-hydrogen) atoms. The number of amides is 1. The summed E-state index contributed by atoms with van der Waals surface area (Å²) in [5, 5.41) is 9.63. The van der Waals surface area contributed by atoms with E-state index >= 15 is 0 Å². The maximum Gasteiger partial charge on any atom is 0.345 e. The molecular formula is C24H29N3O3S. The number of carbonyl (C=O) groups excluding carboxylic acids is 1. The second-order valence-corrected chi connectivity index (χ2v) is 9.56. The van der Waals surface area contributed by atoms with Crippen molar-refractivity contribution < 1.29 is 14.7 Å². The van der Waals surface area contributed by atoms with Crippen LogP contribution in [0, 0.1) is 0 Å². The molecule has 1 aromatic carbocycles. The molecule has 2 aromatic heterocycles.